The standard InChI is InChI=1S/C15H19N3O2/c1-17-7-3-5-11(17)9-14-16-10-13-12(15(19)20-2)6-4-8-18(13)14/h4,6,8,10-11H,3,5,7,9H2,1-2H3. The summed E-state index contributed by atoms with van der Waals surface area (Å²) in [6.07, 6.45) is 7.09. The highest BCUT2D eigenvalue weighted by Gasteiger charge is 2.23. The van der Waals surface area contributed by atoms with Crippen LogP contribution < -0.4 is 0 Å². The Kier molecular flexibility index (Phi) is 3.44. The molecule has 1 unspecified atom stereocenters. The van der Waals surface area contributed by atoms with Crippen LogP contribution in [0.3, 0.4) is 0 Å². The monoisotopic (exact) mass is 273 g/mol. The number of nitrogens with zero attached hydrogens (tertiary/aromatic N) is 3. The minimum Gasteiger partial charge on any atom is -0.465 e. The first-order valence-electron chi connectivity index (χ1n) is 6.94. The lowest BCUT2D eigenvalue weighted by molar-refractivity contribution is 0.0602. The molecule has 1 atom stereocenters. The largest absolute Gasteiger partial charge is 0.465 e. The van der Waals surface area contributed by atoms with Crippen LogP contribution in [0.15, 0.2) is 24.5 Å². The number of rotatable bonds is 3. The summed E-state index contributed by atoms with van der Waals surface area (Å²) in [6, 6.07) is 4.18. The average Bonchev–Trinajstić information content (AvgIpc) is 3.06. The number of esters is 1. The van der Waals surface area contributed by atoms with Crippen molar-refractivity contribution in [2.75, 3.05) is 20.7 Å². The SMILES string of the molecule is COC(=O)c1cccn2c(CC3CCCN3C)ncc12. The Labute approximate surface area is 118 Å². The second-order valence-electron chi connectivity index (χ2n) is 5.32. The van der Waals surface area contributed by atoms with Gasteiger partial charge in [-0.05, 0) is 38.6 Å². The van der Waals surface area contributed by atoms with Crippen LogP contribution in [0.5, 0.6) is 0 Å². The predicted molar refractivity (Wildman–Crippen MR) is 75.9 cm³/mol. The van der Waals surface area contributed by atoms with Gasteiger partial charge >= 0.3 is 5.97 Å². The van der Waals surface area contributed by atoms with E-state index in [1.807, 2.05) is 16.7 Å². The van der Waals surface area contributed by atoms with Gasteiger partial charge in [0.05, 0.1) is 24.4 Å². The molecule has 5 nitrogen and oxygen atoms in total. The number of likely N-dealkylation sites (tertiary alicyclic amines) is 1. The van der Waals surface area contributed by atoms with Crippen molar-refractivity contribution in [2.45, 2.75) is 25.3 Å². The number of ether oxygens (including phenoxy) is 1. The first-order valence-corrected chi connectivity index (χ1v) is 6.94. The molecular weight excluding hydrogens is 254 g/mol. The Hall–Kier alpha value is -1.88. The number of carbonyl (C=O) groups is 1. The molecule has 0 aromatic carbocycles. The fourth-order valence-corrected chi connectivity index (χ4v) is 2.96. The summed E-state index contributed by atoms with van der Waals surface area (Å²) in [6.45, 7) is 1.15. The molecule has 0 spiro atoms. The van der Waals surface area contributed by atoms with E-state index < -0.39 is 0 Å². The van der Waals surface area contributed by atoms with Crippen molar-refractivity contribution in [3.05, 3.63) is 35.9 Å². The predicted octanol–water partition coefficient (Wildman–Crippen LogP) is 1.76. The summed E-state index contributed by atoms with van der Waals surface area (Å²) in [5.74, 6) is 0.685. The van der Waals surface area contributed by atoms with Gasteiger partial charge in [0.15, 0.2) is 0 Å². The van der Waals surface area contributed by atoms with Crippen LogP contribution in [0.2, 0.25) is 0 Å². The molecule has 1 aliphatic rings. The number of likely N-dealkylation sites (N-methyl/N-ethyl adjacent to an activating group) is 1. The highest BCUT2D eigenvalue weighted by molar-refractivity contribution is 5.96. The van der Waals surface area contributed by atoms with Gasteiger partial charge in [-0.2, -0.15) is 0 Å². The number of methoxy groups -OCH3 is 1. The van der Waals surface area contributed by atoms with E-state index in [0.29, 0.717) is 11.6 Å². The van der Waals surface area contributed by atoms with Crippen molar-refractivity contribution in [3.8, 4) is 0 Å². The summed E-state index contributed by atoms with van der Waals surface area (Å²) in [4.78, 5) is 18.6. The van der Waals surface area contributed by atoms with Crippen LogP contribution in [0.4, 0.5) is 0 Å². The van der Waals surface area contributed by atoms with Gasteiger partial charge in [-0.3, -0.25) is 0 Å². The lowest BCUT2D eigenvalue weighted by atomic mass is 10.1. The van der Waals surface area contributed by atoms with Gasteiger partial charge in [0, 0.05) is 18.7 Å². The number of imidazole rings is 1. The van der Waals surface area contributed by atoms with E-state index >= 15 is 0 Å². The highest BCUT2D eigenvalue weighted by Crippen LogP contribution is 2.20. The first kappa shape index (κ1) is 13.1. The highest BCUT2D eigenvalue weighted by atomic mass is 16.5. The van der Waals surface area contributed by atoms with E-state index in [1.54, 1.807) is 12.3 Å². The Bertz CT molecular complexity index is 635. The number of carbonyl (C=O) groups excluding carboxylic acids is 1. The summed E-state index contributed by atoms with van der Waals surface area (Å²) in [5.41, 5.74) is 1.38. The fraction of sp³-hybridized carbons (Fsp3) is 0.467. The lowest BCUT2D eigenvalue weighted by Gasteiger charge is -2.18. The Morgan fingerprint density at radius 1 is 1.55 bits per heavy atom. The lowest BCUT2D eigenvalue weighted by Crippen LogP contribution is -2.27. The number of aromatic nitrogens is 2. The van der Waals surface area contributed by atoms with Crippen LogP contribution in [-0.4, -0.2) is 47.0 Å². The third kappa shape index (κ3) is 2.18. The van der Waals surface area contributed by atoms with Crippen LogP contribution >= 0.6 is 0 Å². The molecule has 1 saturated heterocycles. The average molecular weight is 273 g/mol. The topological polar surface area (TPSA) is 46.8 Å². The number of fused-ring (bicyclic) bond motifs is 1. The van der Waals surface area contributed by atoms with Crippen molar-refractivity contribution < 1.29 is 9.53 Å². The molecule has 2 aromatic heterocycles. The summed E-state index contributed by atoms with van der Waals surface area (Å²) in [7, 11) is 3.56. The third-order valence-electron chi connectivity index (χ3n) is 4.14. The molecule has 20 heavy (non-hydrogen) atoms. The van der Waals surface area contributed by atoms with Crippen molar-refractivity contribution in [1.82, 2.24) is 14.3 Å². The molecule has 106 valence electrons. The first-order chi connectivity index (χ1) is 9.70. The zero-order valence-electron chi connectivity index (χ0n) is 11.9. The van der Waals surface area contributed by atoms with Gasteiger partial charge < -0.3 is 14.0 Å². The zero-order valence-corrected chi connectivity index (χ0v) is 11.9. The van der Waals surface area contributed by atoms with Crippen LogP contribution in [0, 0.1) is 0 Å². The summed E-state index contributed by atoms with van der Waals surface area (Å²) >= 11 is 0. The van der Waals surface area contributed by atoms with Gasteiger partial charge in [0.1, 0.15) is 5.82 Å². The molecule has 2 aromatic rings. The van der Waals surface area contributed by atoms with Crippen molar-refractivity contribution in [3.63, 3.8) is 0 Å². The van der Waals surface area contributed by atoms with Gasteiger partial charge in [-0.15, -0.1) is 0 Å². The van der Waals surface area contributed by atoms with Gasteiger partial charge in [0.2, 0.25) is 0 Å². The van der Waals surface area contributed by atoms with Gasteiger partial charge in [-0.1, -0.05) is 0 Å². The molecule has 0 amide bonds. The molecule has 0 N–H and O–H groups in total. The third-order valence-corrected chi connectivity index (χ3v) is 4.14. The normalized spacial score (nSPS) is 19.6. The summed E-state index contributed by atoms with van der Waals surface area (Å²) in [5, 5.41) is 0. The molecule has 0 radical (unpaired) electrons. The van der Waals surface area contributed by atoms with Crippen LogP contribution in [0.1, 0.15) is 29.0 Å². The molecule has 0 bridgehead atoms. The number of hydrogen-bond acceptors (Lipinski definition) is 4. The van der Waals surface area contributed by atoms with E-state index in [2.05, 4.69) is 16.9 Å². The maximum absolute atomic E-state index is 11.8. The second kappa shape index (κ2) is 5.25. The molecule has 3 heterocycles. The maximum Gasteiger partial charge on any atom is 0.340 e. The van der Waals surface area contributed by atoms with Crippen LogP contribution in [-0.2, 0) is 11.2 Å². The second-order valence-corrected chi connectivity index (χ2v) is 5.32. The zero-order chi connectivity index (χ0) is 14.1. The molecule has 1 fully saturated rings. The molecule has 5 heteroatoms. The smallest absolute Gasteiger partial charge is 0.340 e. The van der Waals surface area contributed by atoms with E-state index in [1.165, 1.54) is 20.0 Å². The Balaban J connectivity index is 1.95. The van der Waals surface area contributed by atoms with Gasteiger partial charge in [0.25, 0.3) is 0 Å². The molecule has 3 rings (SSSR count). The van der Waals surface area contributed by atoms with E-state index in [9.17, 15) is 4.79 Å². The molecular formula is C15H19N3O2. The minimum atomic E-state index is -0.319. The minimum absolute atomic E-state index is 0.319. The Morgan fingerprint density at radius 3 is 3.10 bits per heavy atom. The number of pyridine rings is 1. The fourth-order valence-electron chi connectivity index (χ4n) is 2.96. The molecule has 1 aliphatic heterocycles. The van der Waals surface area contributed by atoms with E-state index in [4.69, 9.17) is 4.74 Å². The molecule has 0 saturated carbocycles. The summed E-state index contributed by atoms with van der Waals surface area (Å²) < 4.78 is 6.81. The van der Waals surface area contributed by atoms with Crippen molar-refractivity contribution in [2.24, 2.45) is 0 Å². The van der Waals surface area contributed by atoms with Crippen molar-refractivity contribution in [1.29, 1.82) is 0 Å². The number of hydrogen-bond donors (Lipinski definition) is 0. The van der Waals surface area contributed by atoms with E-state index in [0.717, 1.165) is 24.3 Å². The van der Waals surface area contributed by atoms with E-state index in [-0.39, 0.29) is 5.97 Å². The van der Waals surface area contributed by atoms with Crippen molar-refractivity contribution >= 4 is 11.5 Å². The van der Waals surface area contributed by atoms with Crippen LogP contribution in [0.25, 0.3) is 5.52 Å². The maximum atomic E-state index is 11.8. The molecule has 0 aliphatic carbocycles. The van der Waals surface area contributed by atoms with Gasteiger partial charge in [-0.25, -0.2) is 9.78 Å². The Morgan fingerprint density at radius 2 is 2.40 bits per heavy atom. The quantitative estimate of drug-likeness (QED) is 0.799.